The summed E-state index contributed by atoms with van der Waals surface area (Å²) >= 11 is 0. The molecule has 1 aromatic heterocycles. The van der Waals surface area contributed by atoms with Gasteiger partial charge in [-0.1, -0.05) is 13.3 Å². The largest absolute Gasteiger partial charge is 0.480 e. The average Bonchev–Trinajstić information content (AvgIpc) is 2.37. The van der Waals surface area contributed by atoms with Crippen LogP contribution in [0.1, 0.15) is 25.5 Å². The van der Waals surface area contributed by atoms with Crippen molar-refractivity contribution in [2.45, 2.75) is 36.9 Å². The number of aromatic nitrogens is 1. The number of pyridine rings is 1. The van der Waals surface area contributed by atoms with E-state index in [0.717, 1.165) is 6.07 Å². The molecule has 0 fully saturated rings. The average molecular weight is 326 g/mol. The lowest BCUT2D eigenvalue weighted by molar-refractivity contribution is -0.141. The molecule has 118 valence electrons. The van der Waals surface area contributed by atoms with E-state index in [1.165, 1.54) is 0 Å². The van der Waals surface area contributed by atoms with Crippen molar-refractivity contribution in [1.29, 1.82) is 0 Å². The van der Waals surface area contributed by atoms with E-state index in [-0.39, 0.29) is 6.42 Å². The number of hydrogen-bond acceptors (Lipinski definition) is 4. The maximum absolute atomic E-state index is 12.3. The first-order valence-electron chi connectivity index (χ1n) is 5.86. The van der Waals surface area contributed by atoms with Gasteiger partial charge in [-0.3, -0.25) is 9.78 Å². The van der Waals surface area contributed by atoms with Gasteiger partial charge in [-0.25, -0.2) is 8.42 Å². The monoisotopic (exact) mass is 326 g/mol. The first-order chi connectivity index (χ1) is 9.58. The standard InChI is InChI=1S/C11H13F3N2O4S/c1-2-3-8(10(17)18)16-21(19,20)7-4-5-9(15-6-7)11(12,13)14/h4-6,8,16H,2-3H2,1H3,(H,17,18). The second-order valence-corrected chi connectivity index (χ2v) is 5.89. The van der Waals surface area contributed by atoms with E-state index in [1.54, 1.807) is 6.92 Å². The van der Waals surface area contributed by atoms with Crippen molar-refractivity contribution in [3.05, 3.63) is 24.0 Å². The predicted octanol–water partition coefficient (Wildman–Crippen LogP) is 1.63. The summed E-state index contributed by atoms with van der Waals surface area (Å²) in [4.78, 5) is 13.4. The zero-order chi connectivity index (χ0) is 16.3. The Hall–Kier alpha value is -1.68. The Kier molecular flexibility index (Phi) is 5.29. The molecule has 1 aromatic rings. The molecule has 0 bridgehead atoms. The van der Waals surface area contributed by atoms with Gasteiger partial charge < -0.3 is 5.11 Å². The number of rotatable bonds is 6. The van der Waals surface area contributed by atoms with Crippen LogP contribution in [0, 0.1) is 0 Å². The van der Waals surface area contributed by atoms with Gasteiger partial charge in [0.25, 0.3) is 0 Å². The lowest BCUT2D eigenvalue weighted by atomic mass is 10.2. The second-order valence-electron chi connectivity index (χ2n) is 4.18. The lowest BCUT2D eigenvalue weighted by Crippen LogP contribution is -2.40. The van der Waals surface area contributed by atoms with Crippen molar-refractivity contribution >= 4 is 16.0 Å². The summed E-state index contributed by atoms with van der Waals surface area (Å²) in [7, 11) is -4.25. The van der Waals surface area contributed by atoms with Crippen LogP contribution in [0.5, 0.6) is 0 Å². The van der Waals surface area contributed by atoms with E-state index >= 15 is 0 Å². The first kappa shape index (κ1) is 17.4. The fourth-order valence-corrected chi connectivity index (χ4v) is 2.65. The minimum Gasteiger partial charge on any atom is -0.480 e. The van der Waals surface area contributed by atoms with Crippen LogP contribution >= 0.6 is 0 Å². The summed E-state index contributed by atoms with van der Waals surface area (Å²) in [5, 5.41) is 8.87. The molecule has 1 unspecified atom stereocenters. The molecule has 0 aliphatic carbocycles. The normalized spacial score (nSPS) is 13.9. The Labute approximate surface area is 119 Å². The van der Waals surface area contributed by atoms with Crippen LogP contribution < -0.4 is 4.72 Å². The molecule has 0 aromatic carbocycles. The fraction of sp³-hybridized carbons (Fsp3) is 0.455. The van der Waals surface area contributed by atoms with E-state index in [1.807, 2.05) is 4.72 Å². The quantitative estimate of drug-likeness (QED) is 0.828. The number of carboxylic acids is 1. The molecule has 1 rings (SSSR count). The highest BCUT2D eigenvalue weighted by Crippen LogP contribution is 2.27. The third-order valence-electron chi connectivity index (χ3n) is 2.51. The van der Waals surface area contributed by atoms with Gasteiger partial charge in [-0.15, -0.1) is 0 Å². The molecule has 21 heavy (non-hydrogen) atoms. The third kappa shape index (κ3) is 4.67. The molecule has 0 radical (unpaired) electrons. The van der Waals surface area contributed by atoms with Gasteiger partial charge in [0.05, 0.1) is 0 Å². The predicted molar refractivity (Wildman–Crippen MR) is 65.9 cm³/mol. The SMILES string of the molecule is CCCC(NS(=O)(=O)c1ccc(C(F)(F)F)nc1)C(=O)O. The van der Waals surface area contributed by atoms with E-state index in [9.17, 15) is 26.4 Å². The number of carbonyl (C=O) groups is 1. The first-order valence-corrected chi connectivity index (χ1v) is 7.34. The number of halogens is 3. The molecule has 0 saturated heterocycles. The maximum atomic E-state index is 12.3. The Morgan fingerprint density at radius 3 is 2.43 bits per heavy atom. The van der Waals surface area contributed by atoms with Gasteiger partial charge in [-0.05, 0) is 18.6 Å². The van der Waals surface area contributed by atoms with Gasteiger partial charge in [-0.2, -0.15) is 17.9 Å². The molecule has 0 aliphatic heterocycles. The van der Waals surface area contributed by atoms with Crippen LogP contribution in [0.2, 0.25) is 0 Å². The topological polar surface area (TPSA) is 96.4 Å². The lowest BCUT2D eigenvalue weighted by Gasteiger charge is -2.14. The van der Waals surface area contributed by atoms with Crippen molar-refractivity contribution in [3.63, 3.8) is 0 Å². The summed E-state index contributed by atoms with van der Waals surface area (Å²) in [5.74, 6) is -1.36. The van der Waals surface area contributed by atoms with Crippen LogP contribution in [-0.2, 0) is 21.0 Å². The van der Waals surface area contributed by atoms with Crippen molar-refractivity contribution in [3.8, 4) is 0 Å². The maximum Gasteiger partial charge on any atom is 0.433 e. The number of carboxylic acid groups (broad SMARTS) is 1. The van der Waals surface area contributed by atoms with Gasteiger partial charge in [0, 0.05) is 6.20 Å². The molecule has 0 saturated carbocycles. The highest BCUT2D eigenvalue weighted by Gasteiger charge is 2.33. The molecular weight excluding hydrogens is 313 g/mol. The summed E-state index contributed by atoms with van der Waals surface area (Å²) < 4.78 is 62.7. The van der Waals surface area contributed by atoms with Gasteiger partial charge in [0.1, 0.15) is 16.6 Å². The molecule has 0 amide bonds. The van der Waals surface area contributed by atoms with E-state index in [4.69, 9.17) is 5.11 Å². The molecule has 6 nitrogen and oxygen atoms in total. The summed E-state index contributed by atoms with van der Waals surface area (Å²) in [5.41, 5.74) is -1.23. The van der Waals surface area contributed by atoms with E-state index < -0.39 is 38.8 Å². The Morgan fingerprint density at radius 2 is 2.05 bits per heavy atom. The van der Waals surface area contributed by atoms with Crippen molar-refractivity contribution in [1.82, 2.24) is 9.71 Å². The number of sulfonamides is 1. The van der Waals surface area contributed by atoms with Crippen molar-refractivity contribution < 1.29 is 31.5 Å². The Balaban J connectivity index is 3.00. The van der Waals surface area contributed by atoms with Crippen LogP contribution in [0.25, 0.3) is 0 Å². The number of nitrogens with one attached hydrogen (secondary N) is 1. The van der Waals surface area contributed by atoms with E-state index in [0.29, 0.717) is 18.7 Å². The van der Waals surface area contributed by atoms with Gasteiger partial charge >= 0.3 is 12.1 Å². The number of hydrogen-bond donors (Lipinski definition) is 2. The van der Waals surface area contributed by atoms with Crippen LogP contribution in [0.3, 0.4) is 0 Å². The molecular formula is C11H13F3N2O4S. The Morgan fingerprint density at radius 1 is 1.43 bits per heavy atom. The Bertz CT molecular complexity index is 599. The zero-order valence-corrected chi connectivity index (χ0v) is 11.7. The van der Waals surface area contributed by atoms with Crippen LogP contribution in [0.15, 0.2) is 23.2 Å². The second kappa shape index (κ2) is 6.39. The van der Waals surface area contributed by atoms with Gasteiger partial charge in [0.15, 0.2) is 0 Å². The third-order valence-corrected chi connectivity index (χ3v) is 3.97. The molecule has 2 N–H and O–H groups in total. The summed E-state index contributed by atoms with van der Waals surface area (Å²) in [6.45, 7) is 1.67. The molecule has 1 atom stereocenters. The van der Waals surface area contributed by atoms with Crippen LogP contribution in [-0.4, -0.2) is 30.5 Å². The number of alkyl halides is 3. The van der Waals surface area contributed by atoms with E-state index in [2.05, 4.69) is 4.98 Å². The molecule has 0 spiro atoms. The number of nitrogens with zero attached hydrogens (tertiary/aromatic N) is 1. The molecule has 0 aliphatic rings. The summed E-state index contributed by atoms with van der Waals surface area (Å²) in [6, 6.07) is -0.102. The minimum atomic E-state index is -4.68. The van der Waals surface area contributed by atoms with Crippen LogP contribution in [0.4, 0.5) is 13.2 Å². The molecule has 1 heterocycles. The van der Waals surface area contributed by atoms with Gasteiger partial charge in [0.2, 0.25) is 10.0 Å². The van der Waals surface area contributed by atoms with Crippen molar-refractivity contribution in [2.24, 2.45) is 0 Å². The van der Waals surface area contributed by atoms with Crippen molar-refractivity contribution in [2.75, 3.05) is 0 Å². The highest BCUT2D eigenvalue weighted by molar-refractivity contribution is 7.89. The highest BCUT2D eigenvalue weighted by atomic mass is 32.2. The zero-order valence-electron chi connectivity index (χ0n) is 10.9. The molecule has 10 heteroatoms. The number of aliphatic carboxylic acids is 1. The summed E-state index contributed by atoms with van der Waals surface area (Å²) in [6.07, 6.45) is -3.66. The fourth-order valence-electron chi connectivity index (χ4n) is 1.48. The smallest absolute Gasteiger partial charge is 0.433 e. The minimum absolute atomic E-state index is 0.0582.